The molecule has 1 aliphatic heterocycles. The van der Waals surface area contributed by atoms with E-state index in [0.717, 1.165) is 52.0 Å². The molecule has 0 N–H and O–H groups in total. The smallest absolute Gasteiger partial charge is 0.224 e. The molecule has 94 valence electrons. The van der Waals surface area contributed by atoms with E-state index in [9.17, 15) is 4.79 Å². The van der Waals surface area contributed by atoms with Crippen LogP contribution >= 0.6 is 11.6 Å². The van der Waals surface area contributed by atoms with Crippen LogP contribution in [0.15, 0.2) is 0 Å². The summed E-state index contributed by atoms with van der Waals surface area (Å²) in [6, 6.07) is 0.654. The molecular weight excluding hydrogens is 226 g/mol. The Kier molecular flexibility index (Phi) is 5.73. The maximum Gasteiger partial charge on any atom is 0.224 e. The van der Waals surface area contributed by atoms with Gasteiger partial charge in [-0.25, -0.2) is 0 Å². The van der Waals surface area contributed by atoms with Gasteiger partial charge >= 0.3 is 0 Å². The van der Waals surface area contributed by atoms with E-state index in [1.807, 2.05) is 0 Å². The van der Waals surface area contributed by atoms with Crippen LogP contribution in [0.25, 0.3) is 0 Å². The summed E-state index contributed by atoms with van der Waals surface area (Å²) < 4.78 is 5.33. The second-order valence-electron chi connectivity index (χ2n) is 4.46. The maximum absolute atomic E-state index is 11.0. The quantitative estimate of drug-likeness (QED) is 0.702. The minimum atomic E-state index is -0.143. The largest absolute Gasteiger partial charge is 0.379 e. The zero-order chi connectivity index (χ0) is 10.7. The zero-order valence-corrected chi connectivity index (χ0v) is 9.71. The highest BCUT2D eigenvalue weighted by atomic mass is 35.5. The lowest BCUT2D eigenvalue weighted by Crippen LogP contribution is -2.45. The Morgan fingerprint density at radius 1 is 1.12 bits per heavy atom. The van der Waals surface area contributed by atoms with Crippen molar-refractivity contribution in [2.45, 2.75) is 39.2 Å². The third-order valence-electron chi connectivity index (χ3n) is 3.58. The number of hydrogen-bond acceptors (Lipinski definition) is 3. The first-order chi connectivity index (χ1) is 7.27. The van der Waals surface area contributed by atoms with Crippen molar-refractivity contribution in [3.8, 4) is 0 Å². The first kappa shape index (κ1) is 13.9. The van der Waals surface area contributed by atoms with Gasteiger partial charge < -0.3 is 4.74 Å². The maximum atomic E-state index is 11.0. The molecule has 0 atom stereocenters. The lowest BCUT2D eigenvalue weighted by molar-refractivity contribution is -0.116. The predicted molar refractivity (Wildman–Crippen MR) is 65.7 cm³/mol. The summed E-state index contributed by atoms with van der Waals surface area (Å²) >= 11 is 5.52. The fourth-order valence-electron chi connectivity index (χ4n) is 2.61. The molecule has 2 aliphatic rings. The normalized spacial score (nSPS) is 31.8. The highest BCUT2D eigenvalue weighted by molar-refractivity contribution is 6.63. The molecule has 2 fully saturated rings. The van der Waals surface area contributed by atoms with Crippen molar-refractivity contribution in [2.24, 2.45) is 5.92 Å². The molecule has 1 aliphatic carbocycles. The van der Waals surface area contributed by atoms with Crippen molar-refractivity contribution in [3.63, 3.8) is 0 Å². The second-order valence-corrected chi connectivity index (χ2v) is 4.83. The van der Waals surface area contributed by atoms with Gasteiger partial charge in [0.25, 0.3) is 0 Å². The first-order valence-corrected chi connectivity index (χ1v) is 6.16. The molecule has 0 aromatic carbocycles. The molecule has 0 aromatic rings. The molecule has 3 nitrogen and oxygen atoms in total. The van der Waals surface area contributed by atoms with Crippen LogP contribution in [0.5, 0.6) is 0 Å². The monoisotopic (exact) mass is 247 g/mol. The molecule has 0 aromatic heterocycles. The van der Waals surface area contributed by atoms with E-state index >= 15 is 0 Å². The topological polar surface area (TPSA) is 29.5 Å². The van der Waals surface area contributed by atoms with Gasteiger partial charge in [-0.1, -0.05) is 7.43 Å². The summed E-state index contributed by atoms with van der Waals surface area (Å²) in [5.41, 5.74) is 0. The van der Waals surface area contributed by atoms with Crippen LogP contribution in [0.1, 0.15) is 33.1 Å². The first-order valence-electron chi connectivity index (χ1n) is 5.78. The lowest BCUT2D eigenvalue weighted by Gasteiger charge is -2.38. The van der Waals surface area contributed by atoms with Crippen LogP contribution in [0, 0.1) is 5.92 Å². The Morgan fingerprint density at radius 2 is 1.69 bits per heavy atom. The molecule has 0 radical (unpaired) electrons. The number of carbonyl (C=O) groups excluding carboxylic acids is 1. The second kappa shape index (κ2) is 6.58. The van der Waals surface area contributed by atoms with Crippen LogP contribution in [0.3, 0.4) is 0 Å². The Morgan fingerprint density at radius 3 is 2.19 bits per heavy atom. The van der Waals surface area contributed by atoms with E-state index in [1.54, 1.807) is 0 Å². The van der Waals surface area contributed by atoms with Crippen molar-refractivity contribution >= 4 is 16.8 Å². The number of morpholine rings is 1. The van der Waals surface area contributed by atoms with Crippen LogP contribution in [-0.4, -0.2) is 42.5 Å². The van der Waals surface area contributed by atoms with Crippen molar-refractivity contribution in [3.05, 3.63) is 0 Å². The predicted octanol–water partition coefficient (Wildman–Crippen LogP) is 2.28. The summed E-state index contributed by atoms with van der Waals surface area (Å²) in [5.74, 6) is 0.115. The highest BCUT2D eigenvalue weighted by Gasteiger charge is 2.29. The Balaban J connectivity index is 0.00000128. The third kappa shape index (κ3) is 3.44. The third-order valence-corrected chi connectivity index (χ3v) is 3.89. The minimum absolute atomic E-state index is 0. The van der Waals surface area contributed by atoms with Gasteiger partial charge in [0.1, 0.15) is 0 Å². The van der Waals surface area contributed by atoms with Gasteiger partial charge in [-0.05, 0) is 37.3 Å². The van der Waals surface area contributed by atoms with Gasteiger partial charge in [-0.2, -0.15) is 0 Å². The molecule has 0 amide bonds. The van der Waals surface area contributed by atoms with Crippen molar-refractivity contribution in [2.75, 3.05) is 26.3 Å². The standard InChI is InChI=1S/C11H18ClNO2.CH4/c12-11(14)9-1-3-10(4-2-9)13-5-7-15-8-6-13;/h9-10H,1-8H2;1H4. The fraction of sp³-hybridized carbons (Fsp3) is 0.917. The number of carbonyl (C=O) groups is 1. The summed E-state index contributed by atoms with van der Waals surface area (Å²) in [6.07, 6.45) is 4.15. The molecule has 1 saturated carbocycles. The van der Waals surface area contributed by atoms with Crippen LogP contribution in [0.2, 0.25) is 0 Å². The molecule has 0 unspecified atom stereocenters. The number of halogens is 1. The van der Waals surface area contributed by atoms with Crippen LogP contribution in [-0.2, 0) is 9.53 Å². The minimum Gasteiger partial charge on any atom is -0.379 e. The SMILES string of the molecule is C.O=C(Cl)C1CCC(N2CCOCC2)CC1. The number of rotatable bonds is 2. The summed E-state index contributed by atoms with van der Waals surface area (Å²) in [5, 5.41) is -0.143. The van der Waals surface area contributed by atoms with E-state index in [0.29, 0.717) is 6.04 Å². The Hall–Kier alpha value is -0.120. The summed E-state index contributed by atoms with van der Waals surface area (Å²) in [7, 11) is 0. The van der Waals surface area contributed by atoms with Crippen molar-refractivity contribution < 1.29 is 9.53 Å². The molecule has 2 rings (SSSR count). The molecule has 0 spiro atoms. The van der Waals surface area contributed by atoms with Crippen molar-refractivity contribution in [1.29, 1.82) is 0 Å². The van der Waals surface area contributed by atoms with E-state index in [2.05, 4.69) is 4.90 Å². The van der Waals surface area contributed by atoms with E-state index < -0.39 is 0 Å². The Labute approximate surface area is 103 Å². The number of nitrogens with zero attached hydrogens (tertiary/aromatic N) is 1. The van der Waals surface area contributed by atoms with E-state index in [1.165, 1.54) is 0 Å². The van der Waals surface area contributed by atoms with Crippen LogP contribution < -0.4 is 0 Å². The molecular formula is C12H22ClNO2. The molecule has 1 heterocycles. The summed E-state index contributed by atoms with van der Waals surface area (Å²) in [4.78, 5) is 13.5. The molecule has 1 saturated heterocycles. The van der Waals surface area contributed by atoms with Gasteiger partial charge in [0.2, 0.25) is 5.24 Å². The highest BCUT2D eigenvalue weighted by Crippen LogP contribution is 2.29. The van der Waals surface area contributed by atoms with Gasteiger partial charge in [-0.3, -0.25) is 9.69 Å². The van der Waals surface area contributed by atoms with E-state index in [4.69, 9.17) is 16.3 Å². The average molecular weight is 248 g/mol. The van der Waals surface area contributed by atoms with Crippen molar-refractivity contribution in [1.82, 2.24) is 4.90 Å². The fourth-order valence-corrected chi connectivity index (χ4v) is 2.83. The number of ether oxygens (including phenoxy) is 1. The van der Waals surface area contributed by atoms with Crippen LogP contribution in [0.4, 0.5) is 0 Å². The molecule has 16 heavy (non-hydrogen) atoms. The van der Waals surface area contributed by atoms with E-state index in [-0.39, 0.29) is 18.6 Å². The average Bonchev–Trinajstić information content (AvgIpc) is 2.30. The lowest BCUT2D eigenvalue weighted by atomic mass is 9.86. The molecule has 0 bridgehead atoms. The number of hydrogen-bond donors (Lipinski definition) is 0. The summed E-state index contributed by atoms with van der Waals surface area (Å²) in [6.45, 7) is 3.80. The zero-order valence-electron chi connectivity index (χ0n) is 8.95. The van der Waals surface area contributed by atoms with Gasteiger partial charge in [0.15, 0.2) is 0 Å². The Bertz CT molecular complexity index is 221. The van der Waals surface area contributed by atoms with Gasteiger partial charge in [0.05, 0.1) is 13.2 Å². The molecule has 4 heteroatoms. The van der Waals surface area contributed by atoms with Gasteiger partial charge in [0, 0.05) is 25.0 Å². The van der Waals surface area contributed by atoms with Gasteiger partial charge in [-0.15, -0.1) is 0 Å².